The number of carbonyl (C=O) groups is 1. The molecule has 29 heavy (non-hydrogen) atoms. The summed E-state index contributed by atoms with van der Waals surface area (Å²) < 4.78 is 4.51. The Bertz CT molecular complexity index is 1120. The molecule has 4 rings (SSSR count). The van der Waals surface area contributed by atoms with Crippen LogP contribution in [0.25, 0.3) is 17.0 Å². The Morgan fingerprint density at radius 2 is 2.07 bits per heavy atom. The van der Waals surface area contributed by atoms with E-state index >= 15 is 0 Å². The monoisotopic (exact) mass is 386 g/mol. The lowest BCUT2D eigenvalue weighted by atomic mass is 10.1. The van der Waals surface area contributed by atoms with Crippen LogP contribution in [-0.2, 0) is 11.3 Å². The Balaban J connectivity index is 1.36. The topological polar surface area (TPSA) is 62.8 Å². The fourth-order valence-corrected chi connectivity index (χ4v) is 4.03. The Hall–Kier alpha value is -3.26. The molecule has 0 unspecified atom stereocenters. The first-order valence-electron chi connectivity index (χ1n) is 10.2. The summed E-state index contributed by atoms with van der Waals surface area (Å²) in [5.41, 5.74) is 4.63. The van der Waals surface area contributed by atoms with Gasteiger partial charge in [0.05, 0.1) is 0 Å². The highest BCUT2D eigenvalue weighted by atomic mass is 16.1. The largest absolute Gasteiger partial charge is 0.351 e. The van der Waals surface area contributed by atoms with Crippen LogP contribution in [0.15, 0.2) is 48.2 Å². The maximum absolute atomic E-state index is 12.5. The Kier molecular flexibility index (Phi) is 5.26. The number of rotatable bonds is 7. The normalized spacial score (nSPS) is 14.2. The van der Waals surface area contributed by atoms with E-state index in [-0.39, 0.29) is 11.5 Å². The maximum Gasteiger partial charge on any atom is 0.261 e. The number of hydrogen-bond donors (Lipinski definition) is 1. The second kappa shape index (κ2) is 8.00. The summed E-state index contributed by atoms with van der Waals surface area (Å²) in [6, 6.07) is 15.1. The highest BCUT2D eigenvalue weighted by Gasteiger charge is 2.26. The summed E-state index contributed by atoms with van der Waals surface area (Å²) in [5, 5.41) is 13.6. The van der Waals surface area contributed by atoms with Crippen molar-refractivity contribution in [3.8, 4) is 6.07 Å². The standard InChI is InChI=1S/C24H26N4O/c1-17-14-20(18(2)28(17)22-8-9-22)15-21(16-25)24(29)26-11-5-12-27-13-10-19-6-3-4-7-23(19)27/h3-4,6-7,10,13-15,22H,5,8-9,11-12H2,1-2H3,(H,26,29)/b21-15+. The molecule has 0 spiro atoms. The van der Waals surface area contributed by atoms with Gasteiger partial charge in [-0.2, -0.15) is 5.26 Å². The second-order valence-electron chi connectivity index (χ2n) is 7.77. The van der Waals surface area contributed by atoms with Gasteiger partial charge in [0.1, 0.15) is 11.6 Å². The summed E-state index contributed by atoms with van der Waals surface area (Å²) in [5.74, 6) is -0.305. The molecule has 1 fully saturated rings. The van der Waals surface area contributed by atoms with Crippen molar-refractivity contribution in [2.75, 3.05) is 6.54 Å². The molecule has 1 saturated carbocycles. The van der Waals surface area contributed by atoms with Crippen molar-refractivity contribution in [1.29, 1.82) is 5.26 Å². The summed E-state index contributed by atoms with van der Waals surface area (Å²) in [6.45, 7) is 5.50. The number of carbonyl (C=O) groups excluding carboxylic acids is 1. The van der Waals surface area contributed by atoms with Crippen LogP contribution >= 0.6 is 0 Å². The molecule has 3 aromatic rings. The molecule has 0 aliphatic heterocycles. The average Bonchev–Trinajstić information content (AvgIpc) is 3.40. The predicted molar refractivity (Wildman–Crippen MR) is 115 cm³/mol. The third-order valence-corrected chi connectivity index (χ3v) is 5.64. The Labute approximate surface area is 171 Å². The van der Waals surface area contributed by atoms with E-state index in [4.69, 9.17) is 0 Å². The third-order valence-electron chi connectivity index (χ3n) is 5.64. The van der Waals surface area contributed by atoms with Crippen molar-refractivity contribution in [1.82, 2.24) is 14.5 Å². The molecule has 0 atom stereocenters. The average molecular weight is 386 g/mol. The number of nitrogens with one attached hydrogen (secondary N) is 1. The molecule has 2 heterocycles. The first kappa shape index (κ1) is 19.1. The van der Waals surface area contributed by atoms with Gasteiger partial charge in [-0.05, 0) is 68.3 Å². The minimum atomic E-state index is -0.305. The van der Waals surface area contributed by atoms with E-state index in [2.05, 4.69) is 64.8 Å². The fourth-order valence-electron chi connectivity index (χ4n) is 4.03. The second-order valence-corrected chi connectivity index (χ2v) is 7.77. The van der Waals surface area contributed by atoms with Gasteiger partial charge in [-0.3, -0.25) is 4.79 Å². The molecule has 1 amide bonds. The summed E-state index contributed by atoms with van der Waals surface area (Å²) in [7, 11) is 0. The van der Waals surface area contributed by atoms with Crippen molar-refractivity contribution in [2.24, 2.45) is 0 Å². The van der Waals surface area contributed by atoms with E-state index in [1.807, 2.05) is 12.1 Å². The molecular formula is C24H26N4O. The summed E-state index contributed by atoms with van der Waals surface area (Å²) in [4.78, 5) is 12.5. The number of fused-ring (bicyclic) bond motifs is 1. The molecule has 0 bridgehead atoms. The number of aromatic nitrogens is 2. The number of hydrogen-bond acceptors (Lipinski definition) is 2. The summed E-state index contributed by atoms with van der Waals surface area (Å²) in [6.07, 6.45) is 7.02. The maximum atomic E-state index is 12.5. The Morgan fingerprint density at radius 3 is 2.83 bits per heavy atom. The van der Waals surface area contributed by atoms with Crippen LogP contribution in [0, 0.1) is 25.2 Å². The van der Waals surface area contributed by atoms with Crippen molar-refractivity contribution >= 4 is 22.9 Å². The van der Waals surface area contributed by atoms with Gasteiger partial charge < -0.3 is 14.5 Å². The van der Waals surface area contributed by atoms with E-state index in [1.54, 1.807) is 6.08 Å². The van der Waals surface area contributed by atoms with Crippen molar-refractivity contribution in [3.63, 3.8) is 0 Å². The zero-order valence-electron chi connectivity index (χ0n) is 17.0. The first-order chi connectivity index (χ1) is 14.1. The van der Waals surface area contributed by atoms with E-state index in [9.17, 15) is 10.1 Å². The molecule has 0 radical (unpaired) electrons. The molecule has 5 heteroatoms. The molecule has 1 aliphatic carbocycles. The highest BCUT2D eigenvalue weighted by Crippen LogP contribution is 2.38. The van der Waals surface area contributed by atoms with Gasteiger partial charge in [-0.25, -0.2) is 0 Å². The molecule has 5 nitrogen and oxygen atoms in total. The lowest BCUT2D eigenvalue weighted by molar-refractivity contribution is -0.117. The van der Waals surface area contributed by atoms with Gasteiger partial charge in [0.25, 0.3) is 5.91 Å². The highest BCUT2D eigenvalue weighted by molar-refractivity contribution is 6.01. The third kappa shape index (κ3) is 3.97. The lowest BCUT2D eigenvalue weighted by Crippen LogP contribution is -2.26. The summed E-state index contributed by atoms with van der Waals surface area (Å²) >= 11 is 0. The smallest absolute Gasteiger partial charge is 0.261 e. The zero-order chi connectivity index (χ0) is 20.4. The number of benzene rings is 1. The molecule has 1 aromatic carbocycles. The molecule has 1 N–H and O–H groups in total. The van der Waals surface area contributed by atoms with Gasteiger partial charge in [0, 0.05) is 42.2 Å². The van der Waals surface area contributed by atoms with Crippen LogP contribution in [0.2, 0.25) is 0 Å². The van der Waals surface area contributed by atoms with Gasteiger partial charge in [0.15, 0.2) is 0 Å². The van der Waals surface area contributed by atoms with Crippen LogP contribution in [0.4, 0.5) is 0 Å². The van der Waals surface area contributed by atoms with Crippen LogP contribution in [0.5, 0.6) is 0 Å². The molecule has 148 valence electrons. The molecule has 1 aliphatic rings. The number of amides is 1. The number of aryl methyl sites for hydroxylation is 2. The van der Waals surface area contributed by atoms with Gasteiger partial charge in [0.2, 0.25) is 0 Å². The zero-order valence-corrected chi connectivity index (χ0v) is 17.0. The van der Waals surface area contributed by atoms with Crippen molar-refractivity contribution in [2.45, 2.75) is 45.7 Å². The molecule has 0 saturated heterocycles. The van der Waals surface area contributed by atoms with Gasteiger partial charge in [-0.15, -0.1) is 0 Å². The van der Waals surface area contributed by atoms with Crippen molar-refractivity contribution < 1.29 is 4.79 Å². The first-order valence-corrected chi connectivity index (χ1v) is 10.2. The van der Waals surface area contributed by atoms with Gasteiger partial charge >= 0.3 is 0 Å². The lowest BCUT2D eigenvalue weighted by Gasteiger charge is -2.08. The predicted octanol–water partition coefficient (Wildman–Crippen LogP) is 4.51. The van der Waals surface area contributed by atoms with Crippen LogP contribution in [0.1, 0.15) is 42.3 Å². The van der Waals surface area contributed by atoms with E-state index in [1.165, 1.54) is 29.4 Å². The SMILES string of the molecule is Cc1cc(/C=C(\C#N)C(=O)NCCCn2ccc3ccccc32)c(C)n1C1CC1. The number of para-hydroxylation sites is 1. The van der Waals surface area contributed by atoms with E-state index < -0.39 is 0 Å². The minimum Gasteiger partial charge on any atom is -0.351 e. The van der Waals surface area contributed by atoms with Crippen LogP contribution < -0.4 is 5.32 Å². The van der Waals surface area contributed by atoms with Gasteiger partial charge in [-0.1, -0.05) is 18.2 Å². The number of nitrogens with zero attached hydrogens (tertiary/aromatic N) is 3. The fraction of sp³-hybridized carbons (Fsp3) is 0.333. The Morgan fingerprint density at radius 1 is 1.28 bits per heavy atom. The minimum absolute atomic E-state index is 0.160. The molecular weight excluding hydrogens is 360 g/mol. The van der Waals surface area contributed by atoms with Crippen LogP contribution in [-0.4, -0.2) is 21.6 Å². The van der Waals surface area contributed by atoms with E-state index in [0.29, 0.717) is 12.6 Å². The van der Waals surface area contributed by atoms with Crippen LogP contribution in [0.3, 0.4) is 0 Å². The van der Waals surface area contributed by atoms with Crippen molar-refractivity contribution in [3.05, 3.63) is 65.1 Å². The molecule has 2 aromatic heterocycles. The quantitative estimate of drug-likeness (QED) is 0.369. The number of nitriles is 1. The van der Waals surface area contributed by atoms with E-state index in [0.717, 1.165) is 24.2 Å².